The number of aryl methyl sites for hydroxylation is 2. The zero-order chi connectivity index (χ0) is 21.1. The van der Waals surface area contributed by atoms with Gasteiger partial charge in [0.1, 0.15) is 5.69 Å². The first-order valence-corrected chi connectivity index (χ1v) is 8.10. The Balaban J connectivity index is -0.000000179. The van der Waals surface area contributed by atoms with Crippen molar-refractivity contribution in [3.05, 3.63) is 35.4 Å². The standard InChI is InChI=1S/C8H13N3O2.C6H8N2O2.C3H8O.CH4.ClH.Li/c1-6-7(9-5-10(6)2)8(12)11(3)13-4;1-4-5(6(9)10)7-3-8(4)2;1-3-4-2;;;/h5H,1-4H3;3H,1-2H3,(H,9,10);3H2,1-2H3;1H4;1H;/q;;;;;+1/p-1. The van der Waals surface area contributed by atoms with Crippen molar-refractivity contribution >= 4 is 24.3 Å². The van der Waals surface area contributed by atoms with Crippen molar-refractivity contribution in [2.75, 3.05) is 27.9 Å². The first-order valence-electron chi connectivity index (χ1n) is 8.10. The number of amides is 1. The van der Waals surface area contributed by atoms with Gasteiger partial charge in [-0.15, -0.1) is 12.4 Å². The molecule has 30 heavy (non-hydrogen) atoms. The van der Waals surface area contributed by atoms with Crippen LogP contribution in [0, 0.1) is 13.8 Å². The molecule has 0 aliphatic rings. The molecule has 0 aliphatic carbocycles. The van der Waals surface area contributed by atoms with E-state index in [0.29, 0.717) is 11.4 Å². The summed E-state index contributed by atoms with van der Waals surface area (Å²) in [6.45, 7) is 6.29. The number of nitrogens with zero attached hydrogens (tertiary/aromatic N) is 5. The molecule has 0 bridgehead atoms. The summed E-state index contributed by atoms with van der Waals surface area (Å²) in [5.74, 6) is -1.46. The third-order valence-corrected chi connectivity index (χ3v) is 3.71. The topological polar surface area (TPSA) is 115 Å². The third kappa shape index (κ3) is 10.8. The molecular weight excluding hydrogens is 409 g/mol. The molecule has 0 atom stereocenters. The van der Waals surface area contributed by atoms with Crippen molar-refractivity contribution in [2.24, 2.45) is 14.1 Å². The second kappa shape index (κ2) is 18.0. The maximum atomic E-state index is 11.5. The maximum Gasteiger partial charge on any atom is 1.00 e. The van der Waals surface area contributed by atoms with Crippen LogP contribution in [-0.2, 0) is 23.7 Å². The number of hydrogen-bond donors (Lipinski definition) is 0. The van der Waals surface area contributed by atoms with Crippen LogP contribution in [0.5, 0.6) is 0 Å². The van der Waals surface area contributed by atoms with E-state index in [2.05, 4.69) is 14.7 Å². The third-order valence-electron chi connectivity index (χ3n) is 3.71. The Morgan fingerprint density at radius 1 is 1.07 bits per heavy atom. The first kappa shape index (κ1) is 35.6. The van der Waals surface area contributed by atoms with Crippen LogP contribution in [0.25, 0.3) is 0 Å². The van der Waals surface area contributed by atoms with E-state index < -0.39 is 5.97 Å². The van der Waals surface area contributed by atoms with E-state index >= 15 is 0 Å². The molecule has 0 saturated heterocycles. The Bertz CT molecular complexity index is 749. The molecule has 0 fully saturated rings. The fraction of sp³-hybridized carbons (Fsp3) is 0.556. The van der Waals surface area contributed by atoms with Gasteiger partial charge < -0.3 is 23.8 Å². The molecule has 0 unspecified atom stereocenters. The van der Waals surface area contributed by atoms with Gasteiger partial charge in [0.2, 0.25) is 0 Å². The van der Waals surface area contributed by atoms with E-state index in [1.165, 1.54) is 13.4 Å². The summed E-state index contributed by atoms with van der Waals surface area (Å²) in [7, 11) is 8.24. The summed E-state index contributed by atoms with van der Waals surface area (Å²) in [6.07, 6.45) is 3.05. The Hall–Kier alpha value is -1.83. The monoisotopic (exact) mass is 441 g/mol. The second-order valence-corrected chi connectivity index (χ2v) is 5.43. The molecule has 0 radical (unpaired) electrons. The van der Waals surface area contributed by atoms with Crippen molar-refractivity contribution in [2.45, 2.75) is 28.2 Å². The van der Waals surface area contributed by atoms with E-state index in [-0.39, 0.29) is 50.3 Å². The normalized spacial score (nSPS) is 8.67. The Kier molecular flexibility index (Phi) is 21.3. The number of hydrogen-bond acceptors (Lipinski definition) is 7. The van der Waals surface area contributed by atoms with E-state index in [9.17, 15) is 14.7 Å². The minimum atomic E-state index is -1.22. The molecule has 0 saturated carbocycles. The van der Waals surface area contributed by atoms with Crippen LogP contribution in [0.15, 0.2) is 12.7 Å². The molecule has 0 spiro atoms. The first-order chi connectivity index (χ1) is 12.6. The molecule has 0 aliphatic heterocycles. The number of carbonyl (C=O) groups is 2. The fourth-order valence-electron chi connectivity index (χ4n) is 1.63. The molecule has 12 heteroatoms. The van der Waals surface area contributed by atoms with Gasteiger partial charge in [0.05, 0.1) is 25.7 Å². The van der Waals surface area contributed by atoms with Gasteiger partial charge in [-0.3, -0.25) is 9.63 Å². The molecule has 2 aromatic heterocycles. The zero-order valence-corrected chi connectivity index (χ0v) is 19.4. The summed E-state index contributed by atoms with van der Waals surface area (Å²) in [4.78, 5) is 34.1. The van der Waals surface area contributed by atoms with Gasteiger partial charge >= 0.3 is 18.9 Å². The zero-order valence-electron chi connectivity index (χ0n) is 18.5. The molecule has 0 aromatic carbocycles. The number of hydroxylamine groups is 2. The number of aromatic carboxylic acids is 1. The van der Waals surface area contributed by atoms with Crippen molar-refractivity contribution in [3.8, 4) is 0 Å². The fourth-order valence-corrected chi connectivity index (χ4v) is 1.63. The summed E-state index contributed by atoms with van der Waals surface area (Å²) < 4.78 is 7.96. The summed E-state index contributed by atoms with van der Waals surface area (Å²) in [6, 6.07) is 0. The van der Waals surface area contributed by atoms with Gasteiger partial charge in [0.15, 0.2) is 5.69 Å². The van der Waals surface area contributed by atoms with Crippen LogP contribution in [0.1, 0.15) is 46.7 Å². The van der Waals surface area contributed by atoms with Crippen molar-refractivity contribution in [3.63, 3.8) is 0 Å². The van der Waals surface area contributed by atoms with Gasteiger partial charge in [-0.1, -0.05) is 7.43 Å². The van der Waals surface area contributed by atoms with Gasteiger partial charge in [-0.05, 0) is 20.8 Å². The smallest absolute Gasteiger partial charge is 0.543 e. The number of carboxylic acid groups (broad SMARTS) is 1. The number of rotatable bonds is 4. The molecule has 1 amide bonds. The average Bonchev–Trinajstić information content (AvgIpc) is 3.17. The molecule has 2 aromatic rings. The Labute approximate surface area is 197 Å². The van der Waals surface area contributed by atoms with Crippen LogP contribution < -0.4 is 24.0 Å². The number of halogens is 1. The largest absolute Gasteiger partial charge is 1.00 e. The van der Waals surface area contributed by atoms with Crippen LogP contribution in [0.2, 0.25) is 0 Å². The molecule has 2 rings (SSSR count). The number of carbonyl (C=O) groups excluding carboxylic acids is 2. The number of carboxylic acids is 1. The predicted octanol–water partition coefficient (Wildman–Crippen LogP) is -1.83. The Morgan fingerprint density at radius 3 is 1.63 bits per heavy atom. The Morgan fingerprint density at radius 2 is 1.43 bits per heavy atom. The molecular formula is C18H33ClLiN5O5. The minimum Gasteiger partial charge on any atom is -0.543 e. The number of ether oxygens (including phenoxy) is 1. The van der Waals surface area contributed by atoms with E-state index in [0.717, 1.165) is 17.4 Å². The quantitative estimate of drug-likeness (QED) is 0.405. The minimum absolute atomic E-state index is 0. The van der Waals surface area contributed by atoms with Crippen LogP contribution in [-0.4, -0.2) is 63.9 Å². The van der Waals surface area contributed by atoms with Gasteiger partial charge in [0, 0.05) is 46.2 Å². The molecule has 168 valence electrons. The number of imidazole rings is 2. The molecule has 10 nitrogen and oxygen atoms in total. The van der Waals surface area contributed by atoms with E-state index in [4.69, 9.17) is 4.84 Å². The molecule has 2 heterocycles. The van der Waals surface area contributed by atoms with Crippen molar-refractivity contribution in [1.29, 1.82) is 0 Å². The second-order valence-electron chi connectivity index (χ2n) is 5.43. The van der Waals surface area contributed by atoms with Crippen molar-refractivity contribution in [1.82, 2.24) is 24.2 Å². The summed E-state index contributed by atoms with van der Waals surface area (Å²) in [5, 5.41) is 11.4. The predicted molar refractivity (Wildman–Crippen MR) is 111 cm³/mol. The maximum absolute atomic E-state index is 11.5. The van der Waals surface area contributed by atoms with Crippen LogP contribution in [0.3, 0.4) is 0 Å². The van der Waals surface area contributed by atoms with Crippen LogP contribution >= 0.6 is 12.4 Å². The summed E-state index contributed by atoms with van der Waals surface area (Å²) in [5.41, 5.74) is 1.88. The van der Waals surface area contributed by atoms with Gasteiger partial charge in [0.25, 0.3) is 5.91 Å². The van der Waals surface area contributed by atoms with E-state index in [1.54, 1.807) is 43.6 Å². The SMILES string of the molecule is C.CCOC.CON(C)C(=O)c1ncn(C)c1C.Cc1c(C(=O)[O-])ncn1C.Cl.[Li+]. The summed E-state index contributed by atoms with van der Waals surface area (Å²) >= 11 is 0. The van der Waals surface area contributed by atoms with Crippen LogP contribution in [0.4, 0.5) is 0 Å². The van der Waals surface area contributed by atoms with Gasteiger partial charge in [-0.2, -0.15) is 0 Å². The molecule has 0 N–H and O–H groups in total. The van der Waals surface area contributed by atoms with E-state index in [1.807, 2.05) is 20.9 Å². The average molecular weight is 442 g/mol. The van der Waals surface area contributed by atoms with Gasteiger partial charge in [-0.25, -0.2) is 15.0 Å². The number of methoxy groups -OCH3 is 1. The number of aromatic nitrogens is 4. The van der Waals surface area contributed by atoms with Crippen molar-refractivity contribution < 1.29 is 43.1 Å².